The lowest BCUT2D eigenvalue weighted by atomic mass is 9.85. The molecule has 1 saturated heterocycles. The minimum Gasteiger partial charge on any atom is -0.478 e. The highest BCUT2D eigenvalue weighted by molar-refractivity contribution is 5.89. The van der Waals surface area contributed by atoms with Gasteiger partial charge in [0.15, 0.2) is 0 Å². The topological polar surface area (TPSA) is 104 Å². The van der Waals surface area contributed by atoms with Crippen molar-refractivity contribution in [3.05, 3.63) is 82.9 Å². The van der Waals surface area contributed by atoms with E-state index in [9.17, 15) is 14.4 Å². The molecule has 2 fully saturated rings. The molecule has 7 nitrogen and oxygen atoms in total. The minimum absolute atomic E-state index is 0.0434. The summed E-state index contributed by atoms with van der Waals surface area (Å²) >= 11 is 0. The van der Waals surface area contributed by atoms with E-state index in [0.29, 0.717) is 18.8 Å². The van der Waals surface area contributed by atoms with Gasteiger partial charge >= 0.3 is 17.9 Å². The first-order valence-electron chi connectivity index (χ1n) is 12.4. The molecule has 0 bridgehead atoms. The van der Waals surface area contributed by atoms with E-state index in [1.165, 1.54) is 41.5 Å². The van der Waals surface area contributed by atoms with Crippen molar-refractivity contribution in [1.29, 1.82) is 0 Å². The molecule has 1 heterocycles. The Labute approximate surface area is 212 Å². The number of aryl methyl sites for hydroxylation is 2. The maximum absolute atomic E-state index is 12.9. The highest BCUT2D eigenvalue weighted by Crippen LogP contribution is 2.59. The number of hydrogen-bond acceptors (Lipinski definition) is 5. The second-order valence-corrected chi connectivity index (χ2v) is 9.54. The normalized spacial score (nSPS) is 18.7. The third-order valence-electron chi connectivity index (χ3n) is 6.85. The Morgan fingerprint density at radius 3 is 1.78 bits per heavy atom. The number of carboxylic acids is 2. The van der Waals surface area contributed by atoms with Crippen LogP contribution in [0.25, 0.3) is 0 Å². The Morgan fingerprint density at radius 1 is 0.861 bits per heavy atom. The average Bonchev–Trinajstić information content (AvgIpc) is 3.62. The van der Waals surface area contributed by atoms with Crippen molar-refractivity contribution < 1.29 is 29.3 Å². The van der Waals surface area contributed by atoms with E-state index in [1.807, 2.05) is 0 Å². The summed E-state index contributed by atoms with van der Waals surface area (Å²) in [5.41, 5.74) is 4.69. The van der Waals surface area contributed by atoms with Crippen molar-refractivity contribution in [2.45, 2.75) is 44.9 Å². The molecular weight excluding hydrogens is 458 g/mol. The van der Waals surface area contributed by atoms with Crippen molar-refractivity contribution in [2.24, 2.45) is 5.92 Å². The average molecular weight is 494 g/mol. The van der Waals surface area contributed by atoms with Crippen LogP contribution in [0.3, 0.4) is 0 Å². The standard InChI is InChI=1S/C25H31NO2.C4H4O4/c1-19-6-10-21(11-7-19)25(22-12-8-20(2)9-13-22)18-23(25)24(27)28-17-16-26-14-4-3-5-15-26;5-3(6)1-2-4(7)8/h6-13,23H,3-5,14-18H2,1-2H3;1-2H,(H,5,6)(H,7,8)/b;2-1-. The smallest absolute Gasteiger partial charge is 0.328 e. The number of carboxylic acid groups (broad SMARTS) is 2. The molecule has 2 aromatic carbocycles. The lowest BCUT2D eigenvalue weighted by Crippen LogP contribution is -2.33. The van der Waals surface area contributed by atoms with Crippen LogP contribution < -0.4 is 0 Å². The fraction of sp³-hybridized carbons (Fsp3) is 0.414. The van der Waals surface area contributed by atoms with Crippen LogP contribution in [0.4, 0.5) is 0 Å². The molecule has 2 N–H and O–H groups in total. The first kappa shape index (κ1) is 27.1. The van der Waals surface area contributed by atoms with Gasteiger partial charge in [-0.3, -0.25) is 9.69 Å². The largest absolute Gasteiger partial charge is 0.478 e. The molecule has 192 valence electrons. The predicted octanol–water partition coefficient (Wildman–Crippen LogP) is 4.35. The van der Waals surface area contributed by atoms with Gasteiger partial charge in [0.25, 0.3) is 0 Å². The van der Waals surface area contributed by atoms with Gasteiger partial charge in [-0.05, 0) is 57.3 Å². The van der Waals surface area contributed by atoms with Gasteiger partial charge in [0.05, 0.1) is 5.92 Å². The number of nitrogens with zero attached hydrogens (tertiary/aromatic N) is 1. The van der Waals surface area contributed by atoms with Gasteiger partial charge in [-0.15, -0.1) is 0 Å². The van der Waals surface area contributed by atoms with E-state index >= 15 is 0 Å². The highest BCUT2D eigenvalue weighted by Gasteiger charge is 2.61. The molecule has 0 aromatic heterocycles. The summed E-state index contributed by atoms with van der Waals surface area (Å²) < 4.78 is 5.73. The number of esters is 1. The Balaban J connectivity index is 0.000000392. The number of benzene rings is 2. The number of likely N-dealkylation sites (tertiary alicyclic amines) is 1. The fourth-order valence-electron chi connectivity index (χ4n) is 4.76. The van der Waals surface area contributed by atoms with Crippen LogP contribution in [0.5, 0.6) is 0 Å². The number of ether oxygens (including phenoxy) is 1. The van der Waals surface area contributed by atoms with Crippen LogP contribution in [0.15, 0.2) is 60.7 Å². The van der Waals surface area contributed by atoms with Crippen LogP contribution in [0.2, 0.25) is 0 Å². The molecule has 0 radical (unpaired) electrons. The first-order valence-corrected chi connectivity index (χ1v) is 12.4. The number of hydrogen-bond donors (Lipinski definition) is 2. The Bertz CT molecular complexity index is 1010. The zero-order chi connectivity index (χ0) is 26.1. The molecular formula is C29H35NO6. The third-order valence-corrected chi connectivity index (χ3v) is 6.85. The van der Waals surface area contributed by atoms with Crippen molar-refractivity contribution in [1.82, 2.24) is 4.90 Å². The molecule has 2 aliphatic rings. The lowest BCUT2D eigenvalue weighted by molar-refractivity contribution is -0.146. The Morgan fingerprint density at radius 2 is 1.33 bits per heavy atom. The zero-order valence-corrected chi connectivity index (χ0v) is 21.0. The summed E-state index contributed by atoms with van der Waals surface area (Å²) in [6, 6.07) is 17.3. The van der Waals surface area contributed by atoms with Gasteiger partial charge in [-0.2, -0.15) is 0 Å². The van der Waals surface area contributed by atoms with Crippen molar-refractivity contribution >= 4 is 17.9 Å². The molecule has 1 aliphatic carbocycles. The maximum atomic E-state index is 12.9. The molecule has 0 spiro atoms. The molecule has 1 unspecified atom stereocenters. The number of carbonyl (C=O) groups excluding carboxylic acids is 1. The van der Waals surface area contributed by atoms with E-state index in [-0.39, 0.29) is 17.3 Å². The van der Waals surface area contributed by atoms with E-state index in [4.69, 9.17) is 14.9 Å². The van der Waals surface area contributed by atoms with E-state index < -0.39 is 11.9 Å². The zero-order valence-electron chi connectivity index (χ0n) is 21.0. The van der Waals surface area contributed by atoms with Crippen LogP contribution in [-0.4, -0.2) is 59.3 Å². The fourth-order valence-corrected chi connectivity index (χ4v) is 4.76. The Hall–Kier alpha value is -3.45. The summed E-state index contributed by atoms with van der Waals surface area (Å²) in [6.07, 6.45) is 5.81. The Kier molecular flexibility index (Phi) is 9.42. The second kappa shape index (κ2) is 12.5. The SMILES string of the molecule is Cc1ccc(C2(c3ccc(C)cc3)CC2C(=O)OCCN2CCCCC2)cc1.O=C(O)/C=C\C(=O)O. The minimum atomic E-state index is -1.26. The summed E-state index contributed by atoms with van der Waals surface area (Å²) in [7, 11) is 0. The number of rotatable bonds is 8. The number of carbonyl (C=O) groups is 3. The van der Waals surface area contributed by atoms with Gasteiger partial charge in [-0.25, -0.2) is 9.59 Å². The molecule has 1 atom stereocenters. The molecule has 0 amide bonds. The van der Waals surface area contributed by atoms with Crippen molar-refractivity contribution in [3.63, 3.8) is 0 Å². The molecule has 2 aromatic rings. The van der Waals surface area contributed by atoms with Gasteiger partial charge in [0.2, 0.25) is 0 Å². The van der Waals surface area contributed by atoms with E-state index in [2.05, 4.69) is 67.3 Å². The van der Waals surface area contributed by atoms with Gasteiger partial charge in [0.1, 0.15) is 6.61 Å². The second-order valence-electron chi connectivity index (χ2n) is 9.54. The molecule has 7 heteroatoms. The third kappa shape index (κ3) is 7.28. The number of aliphatic carboxylic acids is 2. The van der Waals surface area contributed by atoms with Crippen LogP contribution >= 0.6 is 0 Å². The molecule has 4 rings (SSSR count). The van der Waals surface area contributed by atoms with Gasteiger partial charge in [-0.1, -0.05) is 66.1 Å². The summed E-state index contributed by atoms with van der Waals surface area (Å²) in [4.78, 5) is 34.4. The first-order chi connectivity index (χ1) is 17.2. The highest BCUT2D eigenvalue weighted by atomic mass is 16.5. The van der Waals surface area contributed by atoms with E-state index in [1.54, 1.807) is 0 Å². The monoisotopic (exact) mass is 493 g/mol. The van der Waals surface area contributed by atoms with Crippen LogP contribution in [-0.2, 0) is 24.5 Å². The lowest BCUT2D eigenvalue weighted by Gasteiger charge is -2.26. The predicted molar refractivity (Wildman–Crippen MR) is 137 cm³/mol. The van der Waals surface area contributed by atoms with Gasteiger partial charge < -0.3 is 14.9 Å². The summed E-state index contributed by atoms with van der Waals surface area (Å²) in [5.74, 6) is -2.64. The van der Waals surface area contributed by atoms with Gasteiger partial charge in [0, 0.05) is 24.1 Å². The van der Waals surface area contributed by atoms with Crippen molar-refractivity contribution in [3.8, 4) is 0 Å². The summed E-state index contributed by atoms with van der Waals surface area (Å²) in [5, 5.41) is 15.6. The molecule has 1 saturated carbocycles. The molecule has 1 aliphatic heterocycles. The quantitative estimate of drug-likeness (QED) is 0.416. The van der Waals surface area contributed by atoms with Crippen molar-refractivity contribution in [2.75, 3.05) is 26.2 Å². The van der Waals surface area contributed by atoms with Crippen LogP contribution in [0, 0.1) is 19.8 Å². The summed E-state index contributed by atoms with van der Waals surface area (Å²) in [6.45, 7) is 7.84. The molecule has 36 heavy (non-hydrogen) atoms. The van der Waals surface area contributed by atoms with Crippen LogP contribution in [0.1, 0.15) is 47.9 Å². The maximum Gasteiger partial charge on any atom is 0.328 e. The van der Waals surface area contributed by atoms with E-state index in [0.717, 1.165) is 26.1 Å². The number of piperidine rings is 1.